The summed E-state index contributed by atoms with van der Waals surface area (Å²) in [6.45, 7) is 0. The van der Waals surface area contributed by atoms with Gasteiger partial charge in [0.05, 0.1) is 5.41 Å². The standard InChI is InChI=1S/C56H35N3/c1-3-15-39(16-4-1)53-57-54(40-17-5-2-6-18-40)59-55(58-53)41-33-29-37(30-34-41)36-27-31-38(32-28-36)47-35-42-19-7-8-20-43(42)52-51(47)46-23-11-14-26-50(46)56(52)48-24-12-9-21-44(48)45-22-10-13-25-49(45)56/h1-35H. The van der Waals surface area contributed by atoms with E-state index >= 15 is 0 Å². The maximum absolute atomic E-state index is 4.94. The lowest BCUT2D eigenvalue weighted by molar-refractivity contribution is 0.801. The van der Waals surface area contributed by atoms with Gasteiger partial charge in [-0.3, -0.25) is 0 Å². The Morgan fingerprint density at radius 2 is 0.678 bits per heavy atom. The van der Waals surface area contributed by atoms with E-state index in [4.69, 9.17) is 15.0 Å². The summed E-state index contributed by atoms with van der Waals surface area (Å²) in [6, 6.07) is 76.4. The van der Waals surface area contributed by atoms with E-state index in [0.717, 1.165) is 27.8 Å². The molecule has 3 nitrogen and oxygen atoms in total. The highest BCUT2D eigenvalue weighted by Gasteiger charge is 2.52. The molecule has 0 saturated carbocycles. The molecule has 0 aliphatic heterocycles. The lowest BCUT2D eigenvalue weighted by atomic mass is 9.69. The minimum absolute atomic E-state index is 0.418. The van der Waals surface area contributed by atoms with Crippen molar-refractivity contribution < 1.29 is 0 Å². The van der Waals surface area contributed by atoms with E-state index in [9.17, 15) is 0 Å². The Morgan fingerprint density at radius 1 is 0.288 bits per heavy atom. The van der Waals surface area contributed by atoms with Crippen LogP contribution in [-0.4, -0.2) is 15.0 Å². The van der Waals surface area contributed by atoms with Crippen molar-refractivity contribution in [2.75, 3.05) is 0 Å². The zero-order chi connectivity index (χ0) is 38.9. The van der Waals surface area contributed by atoms with Gasteiger partial charge >= 0.3 is 0 Å². The van der Waals surface area contributed by atoms with Gasteiger partial charge in [0.15, 0.2) is 17.5 Å². The lowest BCUT2D eigenvalue weighted by Gasteiger charge is -2.31. The molecule has 0 atom stereocenters. The molecule has 0 N–H and O–H groups in total. The number of rotatable bonds is 5. The second kappa shape index (κ2) is 13.2. The first kappa shape index (κ1) is 33.4. The highest BCUT2D eigenvalue weighted by molar-refractivity contribution is 6.09. The minimum atomic E-state index is -0.418. The van der Waals surface area contributed by atoms with Gasteiger partial charge in [-0.05, 0) is 83.6 Å². The Morgan fingerprint density at radius 3 is 1.22 bits per heavy atom. The molecule has 1 heterocycles. The average Bonchev–Trinajstić information content (AvgIpc) is 3.80. The van der Waals surface area contributed by atoms with Crippen LogP contribution in [0, 0.1) is 0 Å². The fourth-order valence-electron chi connectivity index (χ4n) is 9.79. The number of nitrogens with zero attached hydrogens (tertiary/aromatic N) is 3. The summed E-state index contributed by atoms with van der Waals surface area (Å²) in [6.07, 6.45) is 0. The maximum Gasteiger partial charge on any atom is 0.164 e. The van der Waals surface area contributed by atoms with Crippen LogP contribution in [-0.2, 0) is 5.41 Å². The molecule has 274 valence electrons. The van der Waals surface area contributed by atoms with E-state index in [1.54, 1.807) is 0 Å². The van der Waals surface area contributed by atoms with Gasteiger partial charge < -0.3 is 0 Å². The molecule has 0 unspecified atom stereocenters. The highest BCUT2D eigenvalue weighted by atomic mass is 15.0. The number of hydrogen-bond donors (Lipinski definition) is 0. The molecule has 59 heavy (non-hydrogen) atoms. The molecule has 0 radical (unpaired) electrons. The van der Waals surface area contributed by atoms with Crippen LogP contribution in [0.3, 0.4) is 0 Å². The number of fused-ring (bicyclic) bond motifs is 12. The molecule has 12 rings (SSSR count). The molecule has 1 aromatic heterocycles. The van der Waals surface area contributed by atoms with Gasteiger partial charge in [-0.15, -0.1) is 0 Å². The Bertz CT molecular complexity index is 3140. The smallest absolute Gasteiger partial charge is 0.164 e. The average molecular weight is 750 g/mol. The molecule has 0 amide bonds. The maximum atomic E-state index is 4.94. The molecule has 9 aromatic carbocycles. The third-order valence-corrected chi connectivity index (χ3v) is 12.3. The molecule has 2 aliphatic rings. The summed E-state index contributed by atoms with van der Waals surface area (Å²) in [5, 5.41) is 2.55. The van der Waals surface area contributed by atoms with Crippen molar-refractivity contribution in [1.82, 2.24) is 15.0 Å². The summed E-state index contributed by atoms with van der Waals surface area (Å²) in [4.78, 5) is 14.8. The van der Waals surface area contributed by atoms with Crippen LogP contribution in [0.15, 0.2) is 212 Å². The zero-order valence-corrected chi connectivity index (χ0v) is 32.0. The van der Waals surface area contributed by atoms with Crippen LogP contribution < -0.4 is 0 Å². The quantitative estimate of drug-likeness (QED) is 0.176. The van der Waals surface area contributed by atoms with Crippen molar-refractivity contribution in [1.29, 1.82) is 0 Å². The van der Waals surface area contributed by atoms with Crippen molar-refractivity contribution in [3.05, 3.63) is 235 Å². The Hall–Kier alpha value is -7.75. The molecule has 0 fully saturated rings. The third-order valence-electron chi connectivity index (χ3n) is 12.3. The number of aromatic nitrogens is 3. The van der Waals surface area contributed by atoms with Crippen LogP contribution in [0.1, 0.15) is 22.3 Å². The monoisotopic (exact) mass is 749 g/mol. The minimum Gasteiger partial charge on any atom is -0.208 e. The number of benzene rings is 9. The molecular weight excluding hydrogens is 715 g/mol. The van der Waals surface area contributed by atoms with Gasteiger partial charge in [-0.25, -0.2) is 15.0 Å². The largest absolute Gasteiger partial charge is 0.208 e. The van der Waals surface area contributed by atoms with E-state index in [-0.39, 0.29) is 0 Å². The Balaban J connectivity index is 0.969. The summed E-state index contributed by atoms with van der Waals surface area (Å²) >= 11 is 0. The van der Waals surface area contributed by atoms with Crippen LogP contribution in [0.2, 0.25) is 0 Å². The van der Waals surface area contributed by atoms with Crippen molar-refractivity contribution in [2.45, 2.75) is 5.41 Å². The van der Waals surface area contributed by atoms with Crippen LogP contribution in [0.4, 0.5) is 0 Å². The second-order valence-corrected chi connectivity index (χ2v) is 15.5. The van der Waals surface area contributed by atoms with Gasteiger partial charge in [0.1, 0.15) is 0 Å². The molecule has 0 bridgehead atoms. The first-order chi connectivity index (χ1) is 29.3. The van der Waals surface area contributed by atoms with E-state index in [1.807, 2.05) is 60.7 Å². The van der Waals surface area contributed by atoms with Crippen LogP contribution in [0.25, 0.3) is 89.4 Å². The van der Waals surface area contributed by atoms with Crippen molar-refractivity contribution in [3.63, 3.8) is 0 Å². The molecule has 1 spiro atoms. The number of hydrogen-bond acceptors (Lipinski definition) is 3. The summed E-state index contributed by atoms with van der Waals surface area (Å²) < 4.78 is 0. The van der Waals surface area contributed by atoms with E-state index in [0.29, 0.717) is 17.5 Å². The fraction of sp³-hybridized carbons (Fsp3) is 0.0179. The lowest BCUT2D eigenvalue weighted by Crippen LogP contribution is -2.26. The molecule has 0 saturated heterocycles. The first-order valence-corrected chi connectivity index (χ1v) is 20.2. The Labute approximate surface area is 343 Å². The predicted octanol–water partition coefficient (Wildman–Crippen LogP) is 13.7. The highest BCUT2D eigenvalue weighted by Crippen LogP contribution is 2.65. The van der Waals surface area contributed by atoms with Gasteiger partial charge in [0, 0.05) is 16.7 Å². The predicted molar refractivity (Wildman–Crippen MR) is 241 cm³/mol. The SMILES string of the molecule is c1ccc(-c2nc(-c3ccccc3)nc(-c3ccc(-c4ccc(-c5cc6ccccc6c6c5-c5ccccc5C65c6ccccc6-c6ccccc65)cc4)cc3)n2)cc1. The van der Waals surface area contributed by atoms with Crippen LogP contribution in [0.5, 0.6) is 0 Å². The van der Waals surface area contributed by atoms with E-state index in [2.05, 4.69) is 152 Å². The van der Waals surface area contributed by atoms with Gasteiger partial charge in [-0.1, -0.05) is 206 Å². The summed E-state index contributed by atoms with van der Waals surface area (Å²) in [7, 11) is 0. The third kappa shape index (κ3) is 5.05. The van der Waals surface area contributed by atoms with Crippen LogP contribution >= 0.6 is 0 Å². The van der Waals surface area contributed by atoms with Gasteiger partial charge in [-0.2, -0.15) is 0 Å². The molecule has 2 aliphatic carbocycles. The van der Waals surface area contributed by atoms with Gasteiger partial charge in [0.25, 0.3) is 0 Å². The fourth-order valence-corrected chi connectivity index (χ4v) is 9.79. The second-order valence-electron chi connectivity index (χ2n) is 15.5. The zero-order valence-electron chi connectivity index (χ0n) is 32.0. The topological polar surface area (TPSA) is 38.7 Å². The molecule has 10 aromatic rings. The van der Waals surface area contributed by atoms with Crippen molar-refractivity contribution in [3.8, 4) is 78.7 Å². The normalized spacial score (nSPS) is 12.9. The van der Waals surface area contributed by atoms with E-state index in [1.165, 1.54) is 66.4 Å². The van der Waals surface area contributed by atoms with Gasteiger partial charge in [0.2, 0.25) is 0 Å². The first-order valence-electron chi connectivity index (χ1n) is 20.2. The molecule has 3 heteroatoms. The van der Waals surface area contributed by atoms with E-state index < -0.39 is 5.41 Å². The van der Waals surface area contributed by atoms with Crippen molar-refractivity contribution >= 4 is 10.8 Å². The summed E-state index contributed by atoms with van der Waals surface area (Å²) in [5.74, 6) is 1.96. The Kier molecular flexibility index (Phi) is 7.45. The molecular formula is C56H35N3. The van der Waals surface area contributed by atoms with Crippen molar-refractivity contribution in [2.24, 2.45) is 0 Å². The summed E-state index contributed by atoms with van der Waals surface area (Å²) in [5.41, 5.74) is 17.9.